The minimum Gasteiger partial charge on any atom is -0.481 e. The van der Waals surface area contributed by atoms with Gasteiger partial charge < -0.3 is 20.1 Å². The number of ether oxygens (including phenoxy) is 1. The van der Waals surface area contributed by atoms with Gasteiger partial charge in [0.05, 0.1) is 10.8 Å². The van der Waals surface area contributed by atoms with E-state index in [4.69, 9.17) is 4.74 Å². The monoisotopic (exact) mass is 462 g/mol. The molecule has 1 heterocycles. The summed E-state index contributed by atoms with van der Waals surface area (Å²) in [4.78, 5) is 39.1. The second-order valence-corrected chi connectivity index (χ2v) is 10.2. The molecule has 7 heteroatoms. The van der Waals surface area contributed by atoms with E-state index in [0.717, 1.165) is 17.5 Å². The fraction of sp³-hybridized carbons (Fsp3) is 0.444. The Labute approximate surface area is 199 Å². The second-order valence-electron chi connectivity index (χ2n) is 10.2. The first-order valence-corrected chi connectivity index (χ1v) is 11.9. The van der Waals surface area contributed by atoms with Crippen LogP contribution in [0.25, 0.3) is 11.1 Å². The summed E-state index contributed by atoms with van der Waals surface area (Å²) in [7, 11) is 0. The molecule has 0 bridgehead atoms. The number of carbonyl (C=O) groups excluding carboxylic acids is 2. The highest BCUT2D eigenvalue weighted by atomic mass is 16.5. The van der Waals surface area contributed by atoms with E-state index < -0.39 is 22.9 Å². The molecule has 1 atom stereocenters. The molecule has 1 aliphatic heterocycles. The van der Waals surface area contributed by atoms with Crippen LogP contribution in [0.1, 0.15) is 49.7 Å². The van der Waals surface area contributed by atoms with Crippen molar-refractivity contribution in [2.24, 2.45) is 10.8 Å². The van der Waals surface area contributed by atoms with Gasteiger partial charge in [-0.25, -0.2) is 4.79 Å². The zero-order chi connectivity index (χ0) is 23.9. The molecule has 7 nitrogen and oxygen atoms in total. The van der Waals surface area contributed by atoms with Crippen LogP contribution in [0.3, 0.4) is 0 Å². The highest BCUT2D eigenvalue weighted by Crippen LogP contribution is 2.45. The number of fused-ring (bicyclic) bond motifs is 3. The van der Waals surface area contributed by atoms with E-state index in [9.17, 15) is 19.5 Å². The zero-order valence-electron chi connectivity index (χ0n) is 19.4. The Kier molecular flexibility index (Phi) is 5.58. The lowest BCUT2D eigenvalue weighted by atomic mass is 9.67. The van der Waals surface area contributed by atoms with Gasteiger partial charge in [0.15, 0.2) is 0 Å². The van der Waals surface area contributed by atoms with E-state index in [1.165, 1.54) is 11.1 Å². The summed E-state index contributed by atoms with van der Waals surface area (Å²) >= 11 is 0. The van der Waals surface area contributed by atoms with E-state index in [1.807, 2.05) is 24.3 Å². The molecule has 0 radical (unpaired) electrons. The minimum atomic E-state index is -0.902. The molecule has 1 unspecified atom stereocenters. The van der Waals surface area contributed by atoms with E-state index >= 15 is 0 Å². The Morgan fingerprint density at radius 1 is 1.03 bits per heavy atom. The number of aliphatic carboxylic acids is 1. The van der Waals surface area contributed by atoms with Crippen molar-refractivity contribution >= 4 is 18.0 Å². The molecule has 0 aromatic heterocycles. The Balaban J connectivity index is 1.20. The molecule has 2 aromatic rings. The average molecular weight is 463 g/mol. The van der Waals surface area contributed by atoms with Crippen LogP contribution in [0.15, 0.2) is 48.5 Å². The van der Waals surface area contributed by atoms with E-state index in [-0.39, 0.29) is 31.5 Å². The number of alkyl carbamates (subject to hydrolysis) is 1. The first-order chi connectivity index (χ1) is 16.3. The summed E-state index contributed by atoms with van der Waals surface area (Å²) < 4.78 is 5.62. The van der Waals surface area contributed by atoms with Crippen LogP contribution in [0.4, 0.5) is 4.79 Å². The molecule has 1 saturated heterocycles. The van der Waals surface area contributed by atoms with E-state index in [1.54, 1.807) is 11.8 Å². The number of hydrogen-bond donors (Lipinski definition) is 2. The summed E-state index contributed by atoms with van der Waals surface area (Å²) in [6, 6.07) is 16.4. The molecule has 178 valence electrons. The Bertz CT molecular complexity index is 1100. The zero-order valence-corrected chi connectivity index (χ0v) is 19.4. The number of carboxylic acid groups (broad SMARTS) is 1. The van der Waals surface area contributed by atoms with Crippen molar-refractivity contribution in [3.8, 4) is 11.1 Å². The van der Waals surface area contributed by atoms with Gasteiger partial charge in [0, 0.05) is 25.6 Å². The van der Waals surface area contributed by atoms with Crippen LogP contribution < -0.4 is 5.32 Å². The largest absolute Gasteiger partial charge is 0.481 e. The van der Waals surface area contributed by atoms with Crippen LogP contribution >= 0.6 is 0 Å². The lowest BCUT2D eigenvalue weighted by Crippen LogP contribution is -2.53. The molecule has 5 rings (SSSR count). The predicted molar refractivity (Wildman–Crippen MR) is 126 cm³/mol. The lowest BCUT2D eigenvalue weighted by Gasteiger charge is -2.42. The molecule has 3 aliphatic rings. The van der Waals surface area contributed by atoms with E-state index in [2.05, 4.69) is 29.6 Å². The fourth-order valence-electron chi connectivity index (χ4n) is 5.61. The van der Waals surface area contributed by atoms with Gasteiger partial charge in [0.25, 0.3) is 0 Å². The van der Waals surface area contributed by atoms with Crippen LogP contribution in [-0.2, 0) is 14.3 Å². The molecule has 1 saturated carbocycles. The van der Waals surface area contributed by atoms with Crippen LogP contribution in [0.2, 0.25) is 0 Å². The number of benzene rings is 2. The number of amides is 2. The Morgan fingerprint density at radius 2 is 1.65 bits per heavy atom. The number of rotatable bonds is 6. The van der Waals surface area contributed by atoms with Crippen LogP contribution in [0.5, 0.6) is 0 Å². The van der Waals surface area contributed by atoms with Crippen molar-refractivity contribution < 1.29 is 24.2 Å². The van der Waals surface area contributed by atoms with Gasteiger partial charge >= 0.3 is 12.1 Å². The molecular formula is C27H30N2O5. The van der Waals surface area contributed by atoms with Crippen molar-refractivity contribution in [1.29, 1.82) is 0 Å². The molecule has 2 aromatic carbocycles. The lowest BCUT2D eigenvalue weighted by molar-refractivity contribution is -0.150. The number of nitrogens with one attached hydrogen (secondary N) is 1. The molecule has 2 N–H and O–H groups in total. The third-order valence-corrected chi connectivity index (χ3v) is 7.96. The highest BCUT2D eigenvalue weighted by Gasteiger charge is 2.50. The summed E-state index contributed by atoms with van der Waals surface area (Å²) in [5, 5.41) is 12.3. The maximum Gasteiger partial charge on any atom is 0.407 e. The van der Waals surface area contributed by atoms with Crippen molar-refractivity contribution in [3.63, 3.8) is 0 Å². The molecule has 0 spiro atoms. The van der Waals surface area contributed by atoms with Crippen LogP contribution in [0, 0.1) is 10.8 Å². The highest BCUT2D eigenvalue weighted by molar-refractivity contribution is 5.86. The number of hydrogen-bond acceptors (Lipinski definition) is 4. The Morgan fingerprint density at radius 3 is 2.18 bits per heavy atom. The molecule has 2 fully saturated rings. The summed E-state index contributed by atoms with van der Waals surface area (Å²) in [6.07, 6.45) is 2.22. The molecule has 2 amide bonds. The summed E-state index contributed by atoms with van der Waals surface area (Å²) in [6.45, 7) is 2.78. The number of nitrogens with zero attached hydrogens (tertiary/aromatic N) is 1. The van der Waals surface area contributed by atoms with E-state index in [0.29, 0.717) is 25.8 Å². The topological polar surface area (TPSA) is 95.9 Å². The van der Waals surface area contributed by atoms with Crippen molar-refractivity contribution in [2.45, 2.75) is 38.5 Å². The SMILES string of the molecule is CC1(C(=O)O)CCN(C(=O)C2(CNC(=O)OCC3c4ccccc4-c4ccccc43)CCC2)C1. The van der Waals surface area contributed by atoms with Gasteiger partial charge in [0.2, 0.25) is 5.91 Å². The third-order valence-electron chi connectivity index (χ3n) is 7.96. The van der Waals surface area contributed by atoms with Gasteiger partial charge in [0.1, 0.15) is 6.61 Å². The average Bonchev–Trinajstić information content (AvgIpc) is 3.36. The first-order valence-electron chi connectivity index (χ1n) is 11.9. The summed E-state index contributed by atoms with van der Waals surface area (Å²) in [5.41, 5.74) is 3.08. The Hall–Kier alpha value is -3.35. The third kappa shape index (κ3) is 3.73. The van der Waals surface area contributed by atoms with Gasteiger partial charge in [-0.15, -0.1) is 0 Å². The second kappa shape index (κ2) is 8.46. The standard InChI is InChI=1S/C27H30N2O5/c1-26(24(31)32)13-14-29(17-26)23(30)27(11-6-12-27)16-28-25(33)34-15-22-20-9-4-2-7-18(20)19-8-3-5-10-21(19)22/h2-5,7-10,22H,6,11-17H2,1H3,(H,28,33)(H,31,32). The fourth-order valence-corrected chi connectivity index (χ4v) is 5.61. The molecule has 2 aliphatic carbocycles. The van der Waals surface area contributed by atoms with Crippen molar-refractivity contribution in [2.75, 3.05) is 26.2 Å². The normalized spacial score (nSPS) is 22.4. The van der Waals surface area contributed by atoms with Crippen LogP contribution in [-0.4, -0.2) is 54.2 Å². The maximum absolute atomic E-state index is 13.3. The quantitative estimate of drug-likeness (QED) is 0.676. The van der Waals surface area contributed by atoms with Gasteiger partial charge in [-0.2, -0.15) is 0 Å². The number of likely N-dealkylation sites (tertiary alicyclic amines) is 1. The predicted octanol–water partition coefficient (Wildman–Crippen LogP) is 4.02. The maximum atomic E-state index is 13.3. The van der Waals surface area contributed by atoms with Crippen molar-refractivity contribution in [3.05, 3.63) is 59.7 Å². The van der Waals surface area contributed by atoms with Gasteiger partial charge in [-0.05, 0) is 48.4 Å². The van der Waals surface area contributed by atoms with Gasteiger partial charge in [-0.1, -0.05) is 55.0 Å². The smallest absolute Gasteiger partial charge is 0.407 e. The number of carboxylic acids is 1. The summed E-state index contributed by atoms with van der Waals surface area (Å²) in [5.74, 6) is -0.944. The van der Waals surface area contributed by atoms with Crippen molar-refractivity contribution in [1.82, 2.24) is 10.2 Å². The minimum absolute atomic E-state index is 0.0178. The molecular weight excluding hydrogens is 432 g/mol. The van der Waals surface area contributed by atoms with Gasteiger partial charge in [-0.3, -0.25) is 9.59 Å². The number of carbonyl (C=O) groups is 3. The first kappa shape index (κ1) is 22.4. The molecule has 34 heavy (non-hydrogen) atoms.